The van der Waals surface area contributed by atoms with Gasteiger partial charge in [0, 0.05) is 12.1 Å². The van der Waals surface area contributed by atoms with Crippen LogP contribution >= 0.6 is 11.8 Å². The predicted octanol–water partition coefficient (Wildman–Crippen LogP) is 6.09. The zero-order chi connectivity index (χ0) is 28.1. The highest BCUT2D eigenvalue weighted by atomic mass is 32.2. The number of carbonyl (C=O) groups excluding carboxylic acids is 3. The van der Waals surface area contributed by atoms with Gasteiger partial charge < -0.3 is 20.3 Å². The summed E-state index contributed by atoms with van der Waals surface area (Å²) in [4.78, 5) is 42.1. The van der Waals surface area contributed by atoms with Crippen LogP contribution in [0.1, 0.15) is 98.6 Å². The van der Waals surface area contributed by atoms with Crippen molar-refractivity contribution in [2.75, 3.05) is 18.6 Å². The summed E-state index contributed by atoms with van der Waals surface area (Å²) in [5.41, 5.74) is -0.408. The number of alkyl carbamates (subject to hydrolysis) is 1. The van der Waals surface area contributed by atoms with Crippen molar-refractivity contribution in [3.63, 3.8) is 0 Å². The fourth-order valence-corrected chi connectivity index (χ4v) is 4.41. The van der Waals surface area contributed by atoms with E-state index in [4.69, 9.17) is 4.74 Å². The third kappa shape index (κ3) is 13.2. The van der Waals surface area contributed by atoms with Crippen LogP contribution in [-0.4, -0.2) is 58.5 Å². The number of ether oxygens (including phenoxy) is 1. The monoisotopic (exact) mass is 535 g/mol. The van der Waals surface area contributed by atoms with Gasteiger partial charge in [-0.05, 0) is 72.0 Å². The van der Waals surface area contributed by atoms with E-state index in [1.165, 1.54) is 0 Å². The number of rotatable bonds is 14. The Labute approximate surface area is 228 Å². The topological polar surface area (TPSA) is 87.7 Å². The molecule has 2 atom stereocenters. The van der Waals surface area contributed by atoms with Crippen molar-refractivity contribution in [1.82, 2.24) is 15.5 Å². The molecule has 0 aliphatic rings. The highest BCUT2D eigenvalue weighted by Gasteiger charge is 2.36. The molecule has 210 valence electrons. The largest absolute Gasteiger partial charge is 0.444 e. The van der Waals surface area contributed by atoms with Crippen LogP contribution in [0.15, 0.2) is 30.3 Å². The van der Waals surface area contributed by atoms with Crippen LogP contribution in [0.25, 0.3) is 0 Å². The molecule has 2 N–H and O–H groups in total. The van der Waals surface area contributed by atoms with E-state index < -0.39 is 29.3 Å². The van der Waals surface area contributed by atoms with Crippen LogP contribution in [-0.2, 0) is 14.3 Å². The summed E-state index contributed by atoms with van der Waals surface area (Å²) < 4.78 is 5.46. The highest BCUT2D eigenvalue weighted by molar-refractivity contribution is 7.98. The second-order valence-electron chi connectivity index (χ2n) is 11.5. The number of nitrogens with one attached hydrogen (secondary N) is 2. The number of carbonyl (C=O) groups is 3. The first-order valence-electron chi connectivity index (χ1n) is 13.4. The molecule has 0 saturated carbocycles. The third-order valence-electron chi connectivity index (χ3n) is 5.56. The van der Waals surface area contributed by atoms with Gasteiger partial charge in [0.05, 0.1) is 0 Å². The van der Waals surface area contributed by atoms with E-state index in [0.29, 0.717) is 18.7 Å². The van der Waals surface area contributed by atoms with Crippen molar-refractivity contribution in [3.05, 3.63) is 35.9 Å². The average molecular weight is 536 g/mol. The van der Waals surface area contributed by atoms with Crippen LogP contribution in [0, 0.1) is 0 Å². The van der Waals surface area contributed by atoms with Crippen molar-refractivity contribution in [1.29, 1.82) is 0 Å². The summed E-state index contributed by atoms with van der Waals surface area (Å²) in [6.07, 6.45) is 6.85. The fourth-order valence-electron chi connectivity index (χ4n) is 3.94. The fraction of sp³-hybridized carbons (Fsp3) is 0.690. The zero-order valence-corrected chi connectivity index (χ0v) is 25.0. The lowest BCUT2D eigenvalue weighted by atomic mass is 9.99. The lowest BCUT2D eigenvalue weighted by Crippen LogP contribution is -2.55. The van der Waals surface area contributed by atoms with Crippen molar-refractivity contribution < 1.29 is 19.1 Å². The minimum absolute atomic E-state index is 0.235. The summed E-state index contributed by atoms with van der Waals surface area (Å²) in [6.45, 7) is 13.7. The van der Waals surface area contributed by atoms with Crippen molar-refractivity contribution in [3.8, 4) is 0 Å². The maximum Gasteiger partial charge on any atom is 0.408 e. The Hall–Kier alpha value is -2.22. The van der Waals surface area contributed by atoms with Crippen LogP contribution in [0.5, 0.6) is 0 Å². The molecule has 0 aliphatic heterocycles. The smallest absolute Gasteiger partial charge is 0.408 e. The Morgan fingerprint density at radius 1 is 0.973 bits per heavy atom. The average Bonchev–Trinajstić information content (AvgIpc) is 2.78. The number of hydrogen-bond acceptors (Lipinski definition) is 5. The number of hydrogen-bond donors (Lipinski definition) is 2. The number of unbranched alkanes of at least 4 members (excludes halogenated alkanes) is 4. The summed E-state index contributed by atoms with van der Waals surface area (Å²) in [5, 5.41) is 5.86. The van der Waals surface area contributed by atoms with E-state index in [9.17, 15) is 14.4 Å². The first kappa shape index (κ1) is 32.8. The number of thioether (sulfide) groups is 1. The Balaban J connectivity index is 3.40. The van der Waals surface area contributed by atoms with E-state index in [1.54, 1.807) is 37.4 Å². The molecule has 0 radical (unpaired) electrons. The highest BCUT2D eigenvalue weighted by Crippen LogP contribution is 2.25. The first-order valence-corrected chi connectivity index (χ1v) is 14.8. The van der Waals surface area contributed by atoms with E-state index in [2.05, 4.69) is 17.6 Å². The number of benzene rings is 1. The molecule has 1 rings (SSSR count). The Morgan fingerprint density at radius 2 is 1.59 bits per heavy atom. The lowest BCUT2D eigenvalue weighted by molar-refractivity contribution is -0.143. The van der Waals surface area contributed by atoms with Gasteiger partial charge >= 0.3 is 6.09 Å². The molecule has 1 aromatic rings. The minimum Gasteiger partial charge on any atom is -0.444 e. The van der Waals surface area contributed by atoms with Gasteiger partial charge in [-0.15, -0.1) is 0 Å². The quantitative estimate of drug-likeness (QED) is 0.282. The predicted molar refractivity (Wildman–Crippen MR) is 154 cm³/mol. The second-order valence-corrected chi connectivity index (χ2v) is 12.5. The van der Waals surface area contributed by atoms with Gasteiger partial charge in [0.1, 0.15) is 17.7 Å². The molecule has 0 spiro atoms. The van der Waals surface area contributed by atoms with Gasteiger partial charge in [-0.2, -0.15) is 11.8 Å². The van der Waals surface area contributed by atoms with Crippen LogP contribution < -0.4 is 10.6 Å². The molecule has 0 saturated heterocycles. The molecular weight excluding hydrogens is 486 g/mol. The van der Waals surface area contributed by atoms with Gasteiger partial charge in [-0.3, -0.25) is 9.59 Å². The van der Waals surface area contributed by atoms with E-state index in [1.807, 2.05) is 57.4 Å². The molecule has 0 aliphatic carbocycles. The van der Waals surface area contributed by atoms with Gasteiger partial charge in [0.15, 0.2) is 0 Å². The lowest BCUT2D eigenvalue weighted by Gasteiger charge is -2.36. The van der Waals surface area contributed by atoms with Gasteiger partial charge in [-0.1, -0.05) is 62.9 Å². The second kappa shape index (κ2) is 15.9. The standard InChI is InChI=1S/C29H49N3O4S/c1-9-10-11-12-16-20-32(24(22-17-14-13-15-18-22)25(33)31-28(2,3)4)26(34)23(19-21-37-8)30-27(35)36-29(5,6)7/h13-15,17-18,23-24H,9-12,16,19-21H2,1-8H3,(H,30,35)(H,31,33). The number of amides is 3. The summed E-state index contributed by atoms with van der Waals surface area (Å²) in [5.74, 6) is 0.176. The van der Waals surface area contributed by atoms with Crippen molar-refractivity contribution >= 4 is 29.7 Å². The third-order valence-corrected chi connectivity index (χ3v) is 6.20. The summed E-state index contributed by atoms with van der Waals surface area (Å²) >= 11 is 1.60. The molecule has 0 heterocycles. The van der Waals surface area contributed by atoms with Crippen molar-refractivity contribution in [2.45, 2.75) is 110 Å². The molecule has 0 aromatic heterocycles. The molecule has 0 bridgehead atoms. The van der Waals surface area contributed by atoms with Gasteiger partial charge in [0.25, 0.3) is 0 Å². The SMILES string of the molecule is CCCCCCCN(C(=O)C(CCSC)NC(=O)OC(C)(C)C)C(C(=O)NC(C)(C)C)c1ccccc1. The first-order chi connectivity index (χ1) is 17.3. The summed E-state index contributed by atoms with van der Waals surface area (Å²) in [6, 6.07) is 7.79. The van der Waals surface area contributed by atoms with Crippen LogP contribution in [0.2, 0.25) is 0 Å². The van der Waals surface area contributed by atoms with Crippen molar-refractivity contribution in [2.24, 2.45) is 0 Å². The van der Waals surface area contributed by atoms with Crippen LogP contribution in [0.3, 0.4) is 0 Å². The molecule has 0 fully saturated rings. The molecule has 37 heavy (non-hydrogen) atoms. The molecule has 2 unspecified atom stereocenters. The van der Waals surface area contributed by atoms with E-state index in [0.717, 1.165) is 37.7 Å². The Bertz CT molecular complexity index is 834. The molecule has 8 heteroatoms. The van der Waals surface area contributed by atoms with Crippen LogP contribution in [0.4, 0.5) is 4.79 Å². The molecule has 1 aromatic carbocycles. The Morgan fingerprint density at radius 3 is 2.14 bits per heavy atom. The molecule has 7 nitrogen and oxygen atoms in total. The Kier molecular flexibility index (Phi) is 14.1. The maximum atomic E-state index is 14.1. The zero-order valence-electron chi connectivity index (χ0n) is 24.2. The maximum absolute atomic E-state index is 14.1. The normalized spacial score (nSPS) is 13.4. The molecular formula is C29H49N3O4S. The van der Waals surface area contributed by atoms with Gasteiger partial charge in [-0.25, -0.2) is 4.79 Å². The molecule has 3 amide bonds. The van der Waals surface area contributed by atoms with Gasteiger partial charge in [0.2, 0.25) is 11.8 Å². The van der Waals surface area contributed by atoms with E-state index in [-0.39, 0.29) is 11.8 Å². The minimum atomic E-state index is -0.809. The number of nitrogens with zero attached hydrogens (tertiary/aromatic N) is 1. The summed E-state index contributed by atoms with van der Waals surface area (Å²) in [7, 11) is 0. The van der Waals surface area contributed by atoms with E-state index >= 15 is 0 Å².